The summed E-state index contributed by atoms with van der Waals surface area (Å²) in [5.41, 5.74) is 2.62. The van der Waals surface area contributed by atoms with Crippen LogP contribution in [0.1, 0.15) is 54.9 Å². The van der Waals surface area contributed by atoms with Gasteiger partial charge < -0.3 is 14.8 Å². The monoisotopic (exact) mass is 479 g/mol. The van der Waals surface area contributed by atoms with Crippen molar-refractivity contribution in [2.45, 2.75) is 39.0 Å². The number of hydrogen-bond donors (Lipinski definition) is 1. The number of thioether (sulfide) groups is 1. The van der Waals surface area contributed by atoms with E-state index >= 15 is 0 Å². The van der Waals surface area contributed by atoms with Crippen LogP contribution in [0.3, 0.4) is 0 Å². The molecule has 0 aromatic carbocycles. The second kappa shape index (κ2) is 11.9. The molecule has 0 radical (unpaired) electrons. The Balaban J connectivity index is 1.59. The molecule has 1 amide bonds. The van der Waals surface area contributed by atoms with Crippen LogP contribution in [0, 0.1) is 5.92 Å². The van der Waals surface area contributed by atoms with Gasteiger partial charge in [-0.05, 0) is 48.3 Å². The van der Waals surface area contributed by atoms with Crippen LogP contribution in [-0.4, -0.2) is 41.5 Å². The molecule has 0 fully saturated rings. The second-order valence-electron chi connectivity index (χ2n) is 8.35. The summed E-state index contributed by atoms with van der Waals surface area (Å²) >= 11 is 1.50. The summed E-state index contributed by atoms with van der Waals surface area (Å²) in [5.74, 6) is 0.369. The van der Waals surface area contributed by atoms with Gasteiger partial charge in [0.1, 0.15) is 6.61 Å². The lowest BCUT2D eigenvalue weighted by Gasteiger charge is -2.15. The van der Waals surface area contributed by atoms with Crippen molar-refractivity contribution in [3.63, 3.8) is 0 Å². The summed E-state index contributed by atoms with van der Waals surface area (Å²) in [6.07, 6.45) is 10.7. The van der Waals surface area contributed by atoms with E-state index in [2.05, 4.69) is 21.4 Å². The SMILES string of the molecule is CC1CC=C2SC=C1C(=O)Nc1cnccc1C(=O)CCCCCOCCOc1cc2ccn1. The summed E-state index contributed by atoms with van der Waals surface area (Å²) in [5, 5.41) is 4.83. The number of fused-ring (bicyclic) bond motifs is 6. The van der Waals surface area contributed by atoms with Gasteiger partial charge in [-0.2, -0.15) is 0 Å². The van der Waals surface area contributed by atoms with Gasteiger partial charge in [0.15, 0.2) is 5.78 Å². The number of anilines is 1. The first-order valence-corrected chi connectivity index (χ1v) is 12.5. The van der Waals surface area contributed by atoms with E-state index in [4.69, 9.17) is 9.47 Å². The Kier molecular flexibility index (Phi) is 8.49. The molecule has 1 atom stereocenters. The number of allylic oxidation sites excluding steroid dienone is 1. The van der Waals surface area contributed by atoms with Crippen LogP contribution in [0.4, 0.5) is 5.69 Å². The van der Waals surface area contributed by atoms with Gasteiger partial charge >= 0.3 is 0 Å². The van der Waals surface area contributed by atoms with Gasteiger partial charge in [0.2, 0.25) is 5.88 Å². The molecule has 0 saturated heterocycles. The van der Waals surface area contributed by atoms with Crippen LogP contribution >= 0.6 is 11.8 Å². The number of aromatic nitrogens is 2. The van der Waals surface area contributed by atoms with Crippen LogP contribution in [0.25, 0.3) is 4.91 Å². The maximum Gasteiger partial charge on any atom is 0.252 e. The number of Topliss-reactive ketones (excluding diaryl/α,β-unsaturated/α-hetero) is 1. The summed E-state index contributed by atoms with van der Waals surface area (Å²) in [6, 6.07) is 5.53. The number of ketones is 1. The van der Waals surface area contributed by atoms with Crippen molar-refractivity contribution in [1.29, 1.82) is 0 Å². The molecule has 8 heteroatoms. The van der Waals surface area contributed by atoms with Crippen molar-refractivity contribution in [3.8, 4) is 5.88 Å². The lowest BCUT2D eigenvalue weighted by molar-refractivity contribution is -0.113. The van der Waals surface area contributed by atoms with Crippen LogP contribution in [-0.2, 0) is 9.53 Å². The normalized spacial score (nSPS) is 20.6. The van der Waals surface area contributed by atoms with Crippen molar-refractivity contribution in [3.05, 3.63) is 65.0 Å². The van der Waals surface area contributed by atoms with Crippen LogP contribution < -0.4 is 10.1 Å². The van der Waals surface area contributed by atoms with Crippen LogP contribution in [0.2, 0.25) is 0 Å². The molecule has 4 bridgehead atoms. The standard InChI is InChI=1S/C26H29N3O4S/c1-18-6-7-24-19-8-11-28-25(15-19)33-14-13-32-12-4-2-3-5-23(30)20-9-10-27-16-22(20)29-26(31)21(18)17-34-24/h7-11,15-18H,2-6,12-14H2,1H3,(H,29,31). The highest BCUT2D eigenvalue weighted by molar-refractivity contribution is 8.11. The van der Waals surface area contributed by atoms with Crippen molar-refractivity contribution in [2.75, 3.05) is 25.1 Å². The van der Waals surface area contributed by atoms with Crippen LogP contribution in [0.5, 0.6) is 5.88 Å². The first kappa shape index (κ1) is 24.2. The van der Waals surface area contributed by atoms with E-state index < -0.39 is 0 Å². The van der Waals surface area contributed by atoms with Gasteiger partial charge in [-0.3, -0.25) is 14.6 Å². The Morgan fingerprint density at radius 1 is 1.09 bits per heavy atom. The fourth-order valence-electron chi connectivity index (χ4n) is 3.85. The van der Waals surface area contributed by atoms with E-state index in [1.807, 2.05) is 24.5 Å². The molecule has 1 unspecified atom stereocenters. The summed E-state index contributed by atoms with van der Waals surface area (Å²) < 4.78 is 11.4. The smallest absolute Gasteiger partial charge is 0.252 e. The molecular formula is C26H29N3O4S. The minimum Gasteiger partial charge on any atom is -0.475 e. The fraction of sp³-hybridized carbons (Fsp3) is 0.385. The zero-order valence-corrected chi connectivity index (χ0v) is 20.1. The van der Waals surface area contributed by atoms with Gasteiger partial charge in [0.05, 0.1) is 18.5 Å². The Morgan fingerprint density at radius 3 is 2.91 bits per heavy atom. The number of ether oxygens (including phenoxy) is 2. The molecule has 2 aliphatic heterocycles. The van der Waals surface area contributed by atoms with Gasteiger partial charge in [0, 0.05) is 47.5 Å². The number of carbonyl (C=O) groups excluding carboxylic acids is 2. The number of nitrogens with zero attached hydrogens (tertiary/aromatic N) is 2. The van der Waals surface area contributed by atoms with Crippen molar-refractivity contribution in [2.24, 2.45) is 5.92 Å². The van der Waals surface area contributed by atoms with E-state index in [0.29, 0.717) is 55.4 Å². The van der Waals surface area contributed by atoms with Crippen molar-refractivity contribution in [1.82, 2.24) is 9.97 Å². The largest absolute Gasteiger partial charge is 0.475 e. The molecule has 2 aromatic heterocycles. The Bertz CT molecular complexity index is 1100. The number of carbonyl (C=O) groups is 2. The average molecular weight is 480 g/mol. The predicted molar refractivity (Wildman–Crippen MR) is 134 cm³/mol. The van der Waals surface area contributed by atoms with E-state index in [-0.39, 0.29) is 17.6 Å². The van der Waals surface area contributed by atoms with E-state index in [1.54, 1.807) is 24.7 Å². The topological polar surface area (TPSA) is 90.4 Å². The molecule has 1 N–H and O–H groups in total. The van der Waals surface area contributed by atoms with Gasteiger partial charge in [0.25, 0.3) is 5.91 Å². The van der Waals surface area contributed by atoms with E-state index in [0.717, 1.165) is 29.7 Å². The van der Waals surface area contributed by atoms with Gasteiger partial charge in [-0.25, -0.2) is 4.98 Å². The maximum absolute atomic E-state index is 13.2. The zero-order valence-electron chi connectivity index (χ0n) is 19.3. The summed E-state index contributed by atoms with van der Waals surface area (Å²) in [7, 11) is 0. The number of amides is 1. The van der Waals surface area contributed by atoms with Crippen molar-refractivity contribution < 1.29 is 19.1 Å². The minimum atomic E-state index is -0.210. The molecule has 0 aliphatic carbocycles. The molecule has 2 aromatic rings. The molecular weight excluding hydrogens is 450 g/mol. The second-order valence-corrected chi connectivity index (χ2v) is 9.26. The van der Waals surface area contributed by atoms with Gasteiger partial charge in [-0.1, -0.05) is 31.2 Å². The molecule has 0 saturated carbocycles. The lowest BCUT2D eigenvalue weighted by Crippen LogP contribution is -2.20. The number of hydrogen-bond acceptors (Lipinski definition) is 7. The number of pyridine rings is 2. The van der Waals surface area contributed by atoms with E-state index in [9.17, 15) is 9.59 Å². The highest BCUT2D eigenvalue weighted by atomic mass is 32.2. The average Bonchev–Trinajstić information content (AvgIpc) is 3.04. The molecule has 4 rings (SSSR count). The molecule has 0 spiro atoms. The summed E-state index contributed by atoms with van der Waals surface area (Å²) in [4.78, 5) is 35.5. The first-order valence-electron chi connectivity index (χ1n) is 11.6. The van der Waals surface area contributed by atoms with E-state index in [1.165, 1.54) is 11.8 Å². The van der Waals surface area contributed by atoms with Crippen molar-refractivity contribution >= 4 is 34.0 Å². The molecule has 4 heterocycles. The minimum absolute atomic E-state index is 0.00547. The van der Waals surface area contributed by atoms with Crippen LogP contribution in [0.15, 0.2) is 53.8 Å². The molecule has 2 aliphatic rings. The Morgan fingerprint density at radius 2 is 2.00 bits per heavy atom. The number of rotatable bonds is 0. The third kappa shape index (κ3) is 6.33. The quantitative estimate of drug-likeness (QED) is 0.551. The maximum atomic E-state index is 13.2. The van der Waals surface area contributed by atoms with Gasteiger partial charge in [-0.15, -0.1) is 0 Å². The zero-order chi connectivity index (χ0) is 23.8. The fourth-order valence-corrected chi connectivity index (χ4v) is 4.90. The third-order valence-corrected chi connectivity index (χ3v) is 6.85. The third-order valence-electron chi connectivity index (χ3n) is 5.82. The lowest BCUT2D eigenvalue weighted by atomic mass is 9.97. The summed E-state index contributed by atoms with van der Waals surface area (Å²) in [6.45, 7) is 3.56. The highest BCUT2D eigenvalue weighted by Crippen LogP contribution is 2.37. The highest BCUT2D eigenvalue weighted by Gasteiger charge is 2.22. The first-order chi connectivity index (χ1) is 16.6. The Hall–Kier alpha value is -2.97. The molecule has 178 valence electrons. The molecule has 7 nitrogen and oxygen atoms in total. The predicted octanol–water partition coefficient (Wildman–Crippen LogP) is 5.27. The number of nitrogens with one attached hydrogen (secondary N) is 1. The Labute approximate surface area is 204 Å². The molecule has 34 heavy (non-hydrogen) atoms.